The molecule has 0 N–H and O–H groups in total. The molecule has 4 nitrogen and oxygen atoms in total. The van der Waals surface area contributed by atoms with Crippen molar-refractivity contribution >= 4 is 29.0 Å². The number of halogens is 4. The lowest BCUT2D eigenvalue weighted by Gasteiger charge is -2.35. The van der Waals surface area contributed by atoms with Crippen LogP contribution in [0.1, 0.15) is 5.56 Å². The van der Waals surface area contributed by atoms with Gasteiger partial charge in [0.1, 0.15) is 11.6 Å². The van der Waals surface area contributed by atoms with Crippen molar-refractivity contribution < 1.29 is 13.5 Å². The maximum Gasteiger partial charge on any atom is 0.387 e. The molecular weight excluding hydrogens is 371 g/mol. The van der Waals surface area contributed by atoms with Gasteiger partial charge >= 0.3 is 6.61 Å². The number of pyridine rings is 1. The number of hydrogen-bond donors (Lipinski definition) is 0. The van der Waals surface area contributed by atoms with E-state index in [1.807, 2.05) is 12.1 Å². The van der Waals surface area contributed by atoms with Crippen LogP contribution in [0.2, 0.25) is 10.0 Å². The van der Waals surface area contributed by atoms with E-state index in [0.717, 1.165) is 44.1 Å². The van der Waals surface area contributed by atoms with Gasteiger partial charge in [-0.05, 0) is 23.8 Å². The van der Waals surface area contributed by atoms with Crippen LogP contribution in [0.25, 0.3) is 0 Å². The largest absolute Gasteiger partial charge is 0.435 e. The van der Waals surface area contributed by atoms with Crippen LogP contribution in [0.3, 0.4) is 0 Å². The molecule has 1 aliphatic rings. The van der Waals surface area contributed by atoms with Crippen molar-refractivity contribution in [3.63, 3.8) is 0 Å². The molecule has 1 saturated heterocycles. The first-order valence-corrected chi connectivity index (χ1v) is 8.59. The molecule has 0 atom stereocenters. The SMILES string of the molecule is FC(F)Oc1ccc(CN2CCN(c3ncc(Cl)cc3Cl)CC2)cc1. The molecule has 1 aliphatic heterocycles. The number of hydrogen-bond acceptors (Lipinski definition) is 4. The number of rotatable bonds is 5. The lowest BCUT2D eigenvalue weighted by atomic mass is 10.2. The van der Waals surface area contributed by atoms with E-state index < -0.39 is 6.61 Å². The van der Waals surface area contributed by atoms with Crippen molar-refractivity contribution in [3.8, 4) is 5.75 Å². The van der Waals surface area contributed by atoms with E-state index in [-0.39, 0.29) is 5.75 Å². The lowest BCUT2D eigenvalue weighted by molar-refractivity contribution is -0.0498. The Kier molecular flexibility index (Phi) is 5.93. The number of benzene rings is 1. The molecule has 0 amide bonds. The predicted octanol–water partition coefficient (Wildman–Crippen LogP) is 4.31. The van der Waals surface area contributed by atoms with E-state index in [9.17, 15) is 8.78 Å². The zero-order chi connectivity index (χ0) is 17.8. The first-order valence-electron chi connectivity index (χ1n) is 7.83. The van der Waals surface area contributed by atoms with Gasteiger partial charge in [-0.15, -0.1) is 0 Å². The molecule has 2 heterocycles. The highest BCUT2D eigenvalue weighted by Gasteiger charge is 2.20. The number of anilines is 1. The van der Waals surface area contributed by atoms with E-state index in [0.29, 0.717) is 10.0 Å². The summed E-state index contributed by atoms with van der Waals surface area (Å²) >= 11 is 12.1. The zero-order valence-corrected chi connectivity index (χ0v) is 14.9. The summed E-state index contributed by atoms with van der Waals surface area (Å²) < 4.78 is 28.7. The minimum Gasteiger partial charge on any atom is -0.435 e. The summed E-state index contributed by atoms with van der Waals surface area (Å²) in [6.45, 7) is 1.28. The summed E-state index contributed by atoms with van der Waals surface area (Å²) in [4.78, 5) is 8.74. The molecule has 0 aliphatic carbocycles. The highest BCUT2D eigenvalue weighted by atomic mass is 35.5. The van der Waals surface area contributed by atoms with E-state index in [1.54, 1.807) is 24.4 Å². The fraction of sp³-hybridized carbons (Fsp3) is 0.353. The Balaban J connectivity index is 1.54. The molecule has 0 saturated carbocycles. The number of piperazine rings is 1. The number of aromatic nitrogens is 1. The minimum atomic E-state index is -2.80. The zero-order valence-electron chi connectivity index (χ0n) is 13.3. The van der Waals surface area contributed by atoms with Crippen LogP contribution in [-0.2, 0) is 6.54 Å². The maximum absolute atomic E-state index is 12.2. The Morgan fingerprint density at radius 3 is 2.36 bits per heavy atom. The highest BCUT2D eigenvalue weighted by Crippen LogP contribution is 2.27. The van der Waals surface area contributed by atoms with E-state index in [1.165, 1.54) is 0 Å². The summed E-state index contributed by atoms with van der Waals surface area (Å²) in [5, 5.41) is 1.07. The molecule has 2 aromatic rings. The minimum absolute atomic E-state index is 0.173. The van der Waals surface area contributed by atoms with E-state index in [2.05, 4.69) is 19.5 Å². The Bertz CT molecular complexity index is 708. The van der Waals surface area contributed by atoms with E-state index in [4.69, 9.17) is 23.2 Å². The molecule has 3 rings (SSSR count). The molecule has 25 heavy (non-hydrogen) atoms. The Morgan fingerprint density at radius 1 is 1.08 bits per heavy atom. The van der Waals surface area contributed by atoms with Gasteiger partial charge in [-0.1, -0.05) is 35.3 Å². The molecule has 1 aromatic heterocycles. The predicted molar refractivity (Wildman–Crippen MR) is 94.8 cm³/mol. The van der Waals surface area contributed by atoms with Gasteiger partial charge in [-0.2, -0.15) is 8.78 Å². The van der Waals surface area contributed by atoms with Crippen LogP contribution < -0.4 is 9.64 Å². The van der Waals surface area contributed by atoms with Crippen molar-refractivity contribution in [2.24, 2.45) is 0 Å². The molecule has 1 fully saturated rings. The summed E-state index contributed by atoms with van der Waals surface area (Å²) in [7, 11) is 0. The van der Waals surface area contributed by atoms with Gasteiger partial charge in [-0.3, -0.25) is 4.90 Å². The molecule has 0 bridgehead atoms. The molecule has 0 spiro atoms. The Labute approximate surface area is 154 Å². The molecule has 0 unspecified atom stereocenters. The van der Waals surface area contributed by atoms with Crippen LogP contribution in [0.5, 0.6) is 5.75 Å². The van der Waals surface area contributed by atoms with Gasteiger partial charge < -0.3 is 9.64 Å². The maximum atomic E-state index is 12.2. The fourth-order valence-electron chi connectivity index (χ4n) is 2.79. The summed E-state index contributed by atoms with van der Waals surface area (Å²) in [6.07, 6.45) is 1.60. The first kappa shape index (κ1) is 18.2. The quantitative estimate of drug-likeness (QED) is 0.763. The standard InChI is InChI=1S/C17H17Cl2F2N3O/c18-13-9-15(19)16(22-10-13)24-7-5-23(6-8-24)11-12-1-3-14(4-2-12)25-17(20)21/h1-4,9-10,17H,5-8,11H2. The van der Waals surface area contributed by atoms with Gasteiger partial charge in [0.15, 0.2) is 0 Å². The van der Waals surface area contributed by atoms with Gasteiger partial charge in [0, 0.05) is 38.9 Å². The third kappa shape index (κ3) is 4.93. The smallest absolute Gasteiger partial charge is 0.387 e. The Hall–Kier alpha value is -1.63. The molecule has 134 valence electrons. The lowest BCUT2D eigenvalue weighted by Crippen LogP contribution is -2.46. The second kappa shape index (κ2) is 8.17. The average molecular weight is 388 g/mol. The Morgan fingerprint density at radius 2 is 1.76 bits per heavy atom. The van der Waals surface area contributed by atoms with Gasteiger partial charge in [-0.25, -0.2) is 4.98 Å². The molecule has 1 aromatic carbocycles. The van der Waals surface area contributed by atoms with Crippen LogP contribution in [0, 0.1) is 0 Å². The summed E-state index contributed by atoms with van der Waals surface area (Å²) in [5.41, 5.74) is 1.05. The highest BCUT2D eigenvalue weighted by molar-refractivity contribution is 6.36. The fourth-order valence-corrected chi connectivity index (χ4v) is 3.29. The molecular formula is C17H17Cl2F2N3O. The van der Waals surface area contributed by atoms with Crippen LogP contribution in [0.15, 0.2) is 36.5 Å². The number of nitrogens with zero attached hydrogens (tertiary/aromatic N) is 3. The van der Waals surface area contributed by atoms with Crippen molar-refractivity contribution in [3.05, 3.63) is 52.1 Å². The second-order valence-corrected chi connectivity index (χ2v) is 6.59. The van der Waals surface area contributed by atoms with Crippen molar-refractivity contribution in [1.29, 1.82) is 0 Å². The van der Waals surface area contributed by atoms with E-state index >= 15 is 0 Å². The summed E-state index contributed by atoms with van der Waals surface area (Å²) in [6, 6.07) is 8.44. The van der Waals surface area contributed by atoms with Gasteiger partial charge in [0.25, 0.3) is 0 Å². The number of alkyl halides is 2. The molecule has 8 heteroatoms. The monoisotopic (exact) mass is 387 g/mol. The van der Waals surface area contributed by atoms with Gasteiger partial charge in [0.05, 0.1) is 10.0 Å². The van der Waals surface area contributed by atoms with Crippen LogP contribution >= 0.6 is 23.2 Å². The van der Waals surface area contributed by atoms with Crippen LogP contribution in [-0.4, -0.2) is 42.7 Å². The van der Waals surface area contributed by atoms with Gasteiger partial charge in [0.2, 0.25) is 0 Å². The second-order valence-electron chi connectivity index (χ2n) is 5.74. The van der Waals surface area contributed by atoms with Crippen molar-refractivity contribution in [2.45, 2.75) is 13.2 Å². The average Bonchev–Trinajstić information content (AvgIpc) is 2.57. The topological polar surface area (TPSA) is 28.6 Å². The molecule has 0 radical (unpaired) electrons. The van der Waals surface area contributed by atoms with Crippen molar-refractivity contribution in [1.82, 2.24) is 9.88 Å². The van der Waals surface area contributed by atoms with Crippen LogP contribution in [0.4, 0.5) is 14.6 Å². The third-order valence-corrected chi connectivity index (χ3v) is 4.50. The normalized spacial score (nSPS) is 15.6. The third-order valence-electron chi connectivity index (χ3n) is 4.01. The summed E-state index contributed by atoms with van der Waals surface area (Å²) in [5.74, 6) is 0.922. The van der Waals surface area contributed by atoms with Crippen molar-refractivity contribution in [2.75, 3.05) is 31.1 Å². The first-order chi connectivity index (χ1) is 12.0. The number of ether oxygens (including phenoxy) is 1.